The fourth-order valence-corrected chi connectivity index (χ4v) is 4.47. The van der Waals surface area contributed by atoms with E-state index in [1.165, 1.54) is 4.90 Å². The standard InChI is InChI=1S/C18H21NO4S/c1-12-5-8-14(9-6-12)24(21,22)16-11-13-7-10-15(16)19(13)17(20)23-18(2,3)4/h5-11,13,15H,1-4H3/t13-,15-/m1/s1. The zero-order valence-electron chi connectivity index (χ0n) is 14.2. The van der Waals surface area contributed by atoms with Crippen LogP contribution in [0.1, 0.15) is 26.3 Å². The largest absolute Gasteiger partial charge is 0.444 e. The number of benzene rings is 1. The minimum atomic E-state index is -3.64. The molecular formula is C18H21NO4S. The quantitative estimate of drug-likeness (QED) is 0.771. The Morgan fingerprint density at radius 1 is 1.12 bits per heavy atom. The lowest BCUT2D eigenvalue weighted by atomic mass is 10.2. The van der Waals surface area contributed by atoms with Gasteiger partial charge in [-0.1, -0.05) is 29.8 Å². The first kappa shape index (κ1) is 16.8. The zero-order valence-corrected chi connectivity index (χ0v) is 15.0. The number of hydrogen-bond acceptors (Lipinski definition) is 4. The molecule has 0 fully saturated rings. The highest BCUT2D eigenvalue weighted by molar-refractivity contribution is 7.95. The lowest BCUT2D eigenvalue weighted by molar-refractivity contribution is 0.0245. The van der Waals surface area contributed by atoms with Gasteiger partial charge in [0.2, 0.25) is 9.84 Å². The second-order valence-electron chi connectivity index (χ2n) is 7.09. The smallest absolute Gasteiger partial charge is 0.411 e. The van der Waals surface area contributed by atoms with Gasteiger partial charge in [-0.15, -0.1) is 0 Å². The molecule has 2 bridgehead atoms. The van der Waals surface area contributed by atoms with Crippen molar-refractivity contribution in [2.75, 3.05) is 0 Å². The first-order valence-electron chi connectivity index (χ1n) is 7.83. The molecule has 1 amide bonds. The van der Waals surface area contributed by atoms with Crippen molar-refractivity contribution in [1.29, 1.82) is 0 Å². The van der Waals surface area contributed by atoms with Crippen LogP contribution >= 0.6 is 0 Å². The SMILES string of the molecule is Cc1ccc(S(=O)(=O)C2=C[C@H]3C=C[C@H]2N3C(=O)OC(C)(C)C)cc1. The number of fused-ring (bicyclic) bond motifs is 2. The Morgan fingerprint density at radius 3 is 2.33 bits per heavy atom. The van der Waals surface area contributed by atoms with Gasteiger partial charge in [0.05, 0.1) is 21.9 Å². The Balaban J connectivity index is 1.88. The van der Waals surface area contributed by atoms with Crippen LogP contribution in [0.25, 0.3) is 0 Å². The lowest BCUT2D eigenvalue weighted by Gasteiger charge is -2.28. The molecule has 2 heterocycles. The molecule has 2 aliphatic rings. The topological polar surface area (TPSA) is 63.7 Å². The number of ether oxygens (including phenoxy) is 1. The van der Waals surface area contributed by atoms with E-state index in [-0.39, 0.29) is 15.8 Å². The van der Waals surface area contributed by atoms with Crippen LogP contribution < -0.4 is 0 Å². The van der Waals surface area contributed by atoms with Gasteiger partial charge in [-0.05, 0) is 45.9 Å². The average Bonchev–Trinajstić information content (AvgIpc) is 3.04. The molecule has 0 saturated carbocycles. The van der Waals surface area contributed by atoms with Crippen LogP contribution in [0.4, 0.5) is 4.79 Å². The first-order chi connectivity index (χ1) is 11.1. The average molecular weight is 347 g/mol. The molecule has 6 heteroatoms. The van der Waals surface area contributed by atoms with E-state index in [0.29, 0.717) is 0 Å². The molecule has 0 unspecified atom stereocenters. The Bertz CT molecular complexity index is 829. The molecular weight excluding hydrogens is 326 g/mol. The Hall–Kier alpha value is -2.08. The number of sulfone groups is 1. The number of aryl methyl sites for hydroxylation is 1. The third kappa shape index (κ3) is 2.86. The van der Waals surface area contributed by atoms with Gasteiger partial charge in [0.25, 0.3) is 0 Å². The third-order valence-electron chi connectivity index (χ3n) is 3.98. The fourth-order valence-electron chi connectivity index (χ4n) is 2.88. The van der Waals surface area contributed by atoms with E-state index in [0.717, 1.165) is 5.56 Å². The van der Waals surface area contributed by atoms with Crippen LogP contribution in [-0.2, 0) is 14.6 Å². The molecule has 0 spiro atoms. The molecule has 0 aliphatic carbocycles. The highest BCUT2D eigenvalue weighted by Crippen LogP contribution is 2.38. The van der Waals surface area contributed by atoms with Gasteiger partial charge in [0, 0.05) is 0 Å². The number of rotatable bonds is 2. The summed E-state index contributed by atoms with van der Waals surface area (Å²) in [5.74, 6) is 0. The van der Waals surface area contributed by atoms with Gasteiger partial charge in [0.15, 0.2) is 0 Å². The Kier molecular flexibility index (Phi) is 3.83. The first-order valence-corrected chi connectivity index (χ1v) is 9.31. The number of carbonyl (C=O) groups excluding carboxylic acids is 1. The third-order valence-corrected chi connectivity index (χ3v) is 5.87. The van der Waals surface area contributed by atoms with Gasteiger partial charge >= 0.3 is 6.09 Å². The van der Waals surface area contributed by atoms with Crippen LogP contribution in [0.5, 0.6) is 0 Å². The van der Waals surface area contributed by atoms with Crippen LogP contribution in [0.15, 0.2) is 52.3 Å². The second kappa shape index (κ2) is 5.48. The van der Waals surface area contributed by atoms with Crippen molar-refractivity contribution in [3.8, 4) is 0 Å². The molecule has 0 aromatic heterocycles. The number of hydrogen-bond donors (Lipinski definition) is 0. The van der Waals surface area contributed by atoms with E-state index in [9.17, 15) is 13.2 Å². The van der Waals surface area contributed by atoms with Crippen molar-refractivity contribution in [3.05, 3.63) is 53.0 Å². The molecule has 2 aliphatic heterocycles. The summed E-state index contributed by atoms with van der Waals surface area (Å²) >= 11 is 0. The monoisotopic (exact) mass is 347 g/mol. The molecule has 24 heavy (non-hydrogen) atoms. The van der Waals surface area contributed by atoms with E-state index in [1.807, 2.05) is 13.0 Å². The second-order valence-corrected chi connectivity index (χ2v) is 9.04. The molecule has 0 radical (unpaired) electrons. The minimum absolute atomic E-state index is 0.240. The van der Waals surface area contributed by atoms with E-state index in [1.54, 1.807) is 57.2 Å². The summed E-state index contributed by atoms with van der Waals surface area (Å²) in [6, 6.07) is 5.75. The number of carbonyl (C=O) groups is 1. The molecule has 1 aromatic carbocycles. The fraction of sp³-hybridized carbons (Fsp3) is 0.389. The summed E-state index contributed by atoms with van der Waals surface area (Å²) in [6.45, 7) is 7.26. The lowest BCUT2D eigenvalue weighted by Crippen LogP contribution is -2.41. The number of amides is 1. The molecule has 5 nitrogen and oxygen atoms in total. The molecule has 128 valence electrons. The van der Waals surface area contributed by atoms with E-state index in [2.05, 4.69) is 0 Å². The predicted molar refractivity (Wildman–Crippen MR) is 91.2 cm³/mol. The van der Waals surface area contributed by atoms with Crippen LogP contribution in [0, 0.1) is 6.92 Å². The summed E-state index contributed by atoms with van der Waals surface area (Å²) in [4.78, 5) is 14.4. The highest BCUT2D eigenvalue weighted by atomic mass is 32.2. The van der Waals surface area contributed by atoms with Gasteiger partial charge < -0.3 is 4.74 Å². The maximum atomic E-state index is 12.9. The van der Waals surface area contributed by atoms with Crippen LogP contribution in [0.3, 0.4) is 0 Å². The molecule has 2 atom stereocenters. The van der Waals surface area contributed by atoms with Crippen molar-refractivity contribution in [1.82, 2.24) is 4.90 Å². The summed E-state index contributed by atoms with van der Waals surface area (Å²) < 4.78 is 31.2. The minimum Gasteiger partial charge on any atom is -0.444 e. The van der Waals surface area contributed by atoms with Gasteiger partial charge in [0.1, 0.15) is 5.60 Å². The van der Waals surface area contributed by atoms with Crippen molar-refractivity contribution in [2.24, 2.45) is 0 Å². The molecule has 0 saturated heterocycles. The van der Waals surface area contributed by atoms with Crippen LogP contribution in [0.2, 0.25) is 0 Å². The maximum Gasteiger partial charge on any atom is 0.411 e. The molecule has 0 N–H and O–H groups in total. The van der Waals surface area contributed by atoms with Crippen LogP contribution in [-0.4, -0.2) is 37.1 Å². The Morgan fingerprint density at radius 2 is 1.75 bits per heavy atom. The van der Waals surface area contributed by atoms with E-state index >= 15 is 0 Å². The summed E-state index contributed by atoms with van der Waals surface area (Å²) in [5.41, 5.74) is 0.362. The maximum absolute atomic E-state index is 12.9. The van der Waals surface area contributed by atoms with E-state index < -0.39 is 27.6 Å². The van der Waals surface area contributed by atoms with Gasteiger partial charge in [-0.2, -0.15) is 0 Å². The normalized spacial score (nSPS) is 22.7. The van der Waals surface area contributed by atoms with Gasteiger partial charge in [-0.25, -0.2) is 13.2 Å². The molecule has 1 aromatic rings. The van der Waals surface area contributed by atoms with Crippen molar-refractivity contribution >= 4 is 15.9 Å². The number of nitrogens with zero attached hydrogens (tertiary/aromatic N) is 1. The molecule has 3 rings (SSSR count). The van der Waals surface area contributed by atoms with Crippen molar-refractivity contribution < 1.29 is 17.9 Å². The Labute approximate surface area is 142 Å². The van der Waals surface area contributed by atoms with E-state index in [4.69, 9.17) is 4.74 Å². The summed E-state index contributed by atoms with van der Waals surface area (Å²) in [6.07, 6.45) is 4.69. The van der Waals surface area contributed by atoms with Crippen molar-refractivity contribution in [3.63, 3.8) is 0 Å². The summed E-state index contributed by atoms with van der Waals surface area (Å²) in [7, 11) is -3.64. The van der Waals surface area contributed by atoms with Crippen molar-refractivity contribution in [2.45, 2.75) is 50.3 Å². The zero-order chi connectivity index (χ0) is 17.7. The summed E-state index contributed by atoms with van der Waals surface area (Å²) in [5, 5.41) is 0. The van der Waals surface area contributed by atoms with Gasteiger partial charge in [-0.3, -0.25) is 4.90 Å². The highest BCUT2D eigenvalue weighted by Gasteiger charge is 2.46. The predicted octanol–water partition coefficient (Wildman–Crippen LogP) is 3.21.